The van der Waals surface area contributed by atoms with Crippen LogP contribution in [0.1, 0.15) is 54.7 Å². The molecule has 3 aromatic carbocycles. The van der Waals surface area contributed by atoms with E-state index in [2.05, 4.69) is 0 Å². The molecule has 0 saturated heterocycles. The molecule has 41 heavy (non-hydrogen) atoms. The van der Waals surface area contributed by atoms with Gasteiger partial charge in [0.25, 0.3) is 0 Å². The van der Waals surface area contributed by atoms with Gasteiger partial charge in [-0.2, -0.15) is 0 Å². The zero-order valence-corrected chi connectivity index (χ0v) is 24.7. The largest absolute Gasteiger partial charge is 0.497 e. The van der Waals surface area contributed by atoms with E-state index in [-0.39, 0.29) is 11.1 Å². The van der Waals surface area contributed by atoms with E-state index in [0.29, 0.717) is 34.1 Å². The molecule has 0 aliphatic carbocycles. The van der Waals surface area contributed by atoms with Crippen molar-refractivity contribution >= 4 is 11.9 Å². The van der Waals surface area contributed by atoms with E-state index in [0.717, 1.165) is 0 Å². The molecule has 4 N–H and O–H groups in total. The molecule has 3 rings (SSSR count). The predicted octanol–water partition coefficient (Wildman–Crippen LogP) is 4.36. The molecule has 10 nitrogen and oxygen atoms in total. The fraction of sp³-hybridized carbons (Fsp3) is 0.355. The number of nitrogens with two attached hydrogens (primary N) is 2. The Hall–Kier alpha value is -4.28. The van der Waals surface area contributed by atoms with Crippen LogP contribution in [-0.2, 0) is 31.1 Å². The van der Waals surface area contributed by atoms with Crippen molar-refractivity contribution in [3.05, 3.63) is 82.9 Å². The lowest BCUT2D eigenvalue weighted by molar-refractivity contribution is -0.164. The van der Waals surface area contributed by atoms with Gasteiger partial charge in [-0.05, 0) is 58.0 Å². The number of rotatable bonds is 11. The van der Waals surface area contributed by atoms with Gasteiger partial charge in [0.05, 0.1) is 34.0 Å². The highest BCUT2D eigenvalue weighted by Crippen LogP contribution is 2.35. The molecule has 0 amide bonds. The number of hydrogen-bond acceptors (Lipinski definition) is 10. The number of ether oxygens (including phenoxy) is 6. The van der Waals surface area contributed by atoms with E-state index in [4.69, 9.17) is 39.9 Å². The van der Waals surface area contributed by atoms with Crippen molar-refractivity contribution < 1.29 is 38.0 Å². The van der Waals surface area contributed by atoms with Crippen molar-refractivity contribution in [2.24, 2.45) is 11.5 Å². The fourth-order valence-electron chi connectivity index (χ4n) is 4.16. The normalized spacial score (nSPS) is 11.9. The maximum atomic E-state index is 13.5. The highest BCUT2D eigenvalue weighted by molar-refractivity contribution is 5.95. The number of methoxy groups -OCH3 is 4. The van der Waals surface area contributed by atoms with Crippen molar-refractivity contribution in [1.82, 2.24) is 0 Å². The van der Waals surface area contributed by atoms with Crippen molar-refractivity contribution in [3.8, 4) is 23.0 Å². The maximum Gasteiger partial charge on any atom is 0.346 e. The van der Waals surface area contributed by atoms with E-state index < -0.39 is 28.8 Å². The topological polar surface area (TPSA) is 142 Å². The summed E-state index contributed by atoms with van der Waals surface area (Å²) in [4.78, 5) is 27.0. The van der Waals surface area contributed by atoms with Crippen LogP contribution in [0.5, 0.6) is 23.0 Å². The summed E-state index contributed by atoms with van der Waals surface area (Å²) in [7, 11) is 6.09. The first-order chi connectivity index (χ1) is 19.2. The van der Waals surface area contributed by atoms with Crippen molar-refractivity contribution in [2.45, 2.75) is 44.6 Å². The third kappa shape index (κ3) is 6.90. The Bertz CT molecular complexity index is 1370. The van der Waals surface area contributed by atoms with Crippen molar-refractivity contribution in [2.75, 3.05) is 28.4 Å². The number of hydrogen-bond donors (Lipinski definition) is 2. The molecule has 3 aromatic rings. The van der Waals surface area contributed by atoms with Gasteiger partial charge in [0, 0.05) is 28.8 Å². The standard InChI is InChI=1S/C31H38N2O8/c1-29(2,19-13-21(36-5)17-22(14-19)37-6)40-27(34)25-11-9-10-12-26(25)31(32,33)28(35)41-30(3,4)20-15-23(38-7)18-24(16-20)39-8/h9-18H,32-33H2,1-8H3. The number of esters is 2. The molecule has 0 unspecified atom stereocenters. The molecule has 220 valence electrons. The molecule has 0 spiro atoms. The molecular formula is C31H38N2O8. The van der Waals surface area contributed by atoms with Crippen molar-refractivity contribution in [3.63, 3.8) is 0 Å². The lowest BCUT2D eigenvalue weighted by atomic mass is 9.93. The van der Waals surface area contributed by atoms with Crippen LogP contribution in [-0.4, -0.2) is 40.4 Å². The summed E-state index contributed by atoms with van der Waals surface area (Å²) in [5.41, 5.74) is 9.52. The van der Waals surface area contributed by atoms with Gasteiger partial charge in [0.2, 0.25) is 0 Å². The summed E-state index contributed by atoms with van der Waals surface area (Å²) in [6.07, 6.45) is 0. The summed E-state index contributed by atoms with van der Waals surface area (Å²) in [6.45, 7) is 6.80. The smallest absolute Gasteiger partial charge is 0.346 e. The molecule has 0 aromatic heterocycles. The Labute approximate surface area is 240 Å². The summed E-state index contributed by atoms with van der Waals surface area (Å²) < 4.78 is 33.1. The highest BCUT2D eigenvalue weighted by Gasteiger charge is 2.41. The quantitative estimate of drug-likeness (QED) is 0.254. The van der Waals surface area contributed by atoms with Crippen LogP contribution in [0.2, 0.25) is 0 Å². The second-order valence-electron chi connectivity index (χ2n) is 10.4. The Morgan fingerprint density at radius 2 is 1.00 bits per heavy atom. The lowest BCUT2D eigenvalue weighted by Gasteiger charge is -2.32. The lowest BCUT2D eigenvalue weighted by Crippen LogP contribution is -2.56. The van der Waals surface area contributed by atoms with Gasteiger partial charge in [-0.15, -0.1) is 0 Å². The molecule has 0 radical (unpaired) electrons. The van der Waals surface area contributed by atoms with E-state index in [1.165, 1.54) is 40.6 Å². The molecule has 0 saturated carbocycles. The number of benzene rings is 3. The minimum Gasteiger partial charge on any atom is -0.497 e. The summed E-state index contributed by atoms with van der Waals surface area (Å²) in [5.74, 6) is 0.398. The van der Waals surface area contributed by atoms with Gasteiger partial charge < -0.3 is 39.9 Å². The van der Waals surface area contributed by atoms with Crippen molar-refractivity contribution in [1.29, 1.82) is 0 Å². The zero-order valence-electron chi connectivity index (χ0n) is 24.7. The Morgan fingerprint density at radius 3 is 1.41 bits per heavy atom. The molecule has 0 bridgehead atoms. The summed E-state index contributed by atoms with van der Waals surface area (Å²) >= 11 is 0. The Morgan fingerprint density at radius 1 is 0.610 bits per heavy atom. The van der Waals surface area contributed by atoms with Gasteiger partial charge in [0.1, 0.15) is 34.2 Å². The third-order valence-electron chi connectivity index (χ3n) is 6.72. The van der Waals surface area contributed by atoms with E-state index in [9.17, 15) is 9.59 Å². The number of carbonyl (C=O) groups is 2. The zero-order chi connectivity index (χ0) is 30.6. The van der Waals surface area contributed by atoms with Gasteiger partial charge >= 0.3 is 11.9 Å². The van der Waals surface area contributed by atoms with E-state index in [1.807, 2.05) is 0 Å². The summed E-state index contributed by atoms with van der Waals surface area (Å²) in [6, 6.07) is 16.5. The second kappa shape index (κ2) is 12.1. The van der Waals surface area contributed by atoms with Crippen LogP contribution in [0, 0.1) is 0 Å². The van der Waals surface area contributed by atoms with Gasteiger partial charge in [-0.3, -0.25) is 0 Å². The molecular weight excluding hydrogens is 528 g/mol. The summed E-state index contributed by atoms with van der Waals surface area (Å²) in [5, 5.41) is 0. The average molecular weight is 567 g/mol. The van der Waals surface area contributed by atoms with Gasteiger partial charge in [0.15, 0.2) is 5.66 Å². The van der Waals surface area contributed by atoms with Crippen LogP contribution >= 0.6 is 0 Å². The molecule has 0 atom stereocenters. The van der Waals surface area contributed by atoms with Crippen LogP contribution in [0.15, 0.2) is 60.7 Å². The van der Waals surface area contributed by atoms with Gasteiger partial charge in [-0.1, -0.05) is 18.2 Å². The highest BCUT2D eigenvalue weighted by atomic mass is 16.6. The van der Waals surface area contributed by atoms with E-state index >= 15 is 0 Å². The Balaban J connectivity index is 1.91. The SMILES string of the molecule is COc1cc(OC)cc(C(C)(C)OC(=O)c2ccccc2C(N)(N)C(=O)OC(C)(C)c2cc(OC)cc(OC)c2)c1. The van der Waals surface area contributed by atoms with Crippen LogP contribution in [0.25, 0.3) is 0 Å². The monoisotopic (exact) mass is 566 g/mol. The molecule has 0 aliphatic rings. The van der Waals surface area contributed by atoms with Crippen LogP contribution < -0.4 is 30.4 Å². The fourth-order valence-corrected chi connectivity index (χ4v) is 4.16. The second-order valence-corrected chi connectivity index (χ2v) is 10.4. The predicted molar refractivity (Wildman–Crippen MR) is 153 cm³/mol. The maximum absolute atomic E-state index is 13.5. The minimum absolute atomic E-state index is 0.0123. The van der Waals surface area contributed by atoms with Crippen LogP contribution in [0.3, 0.4) is 0 Å². The van der Waals surface area contributed by atoms with Crippen LogP contribution in [0.4, 0.5) is 0 Å². The average Bonchev–Trinajstić information content (AvgIpc) is 2.95. The van der Waals surface area contributed by atoms with Gasteiger partial charge in [-0.25, -0.2) is 9.59 Å². The van der Waals surface area contributed by atoms with E-state index in [1.54, 1.807) is 76.2 Å². The molecule has 0 fully saturated rings. The molecule has 0 aliphatic heterocycles. The number of carbonyl (C=O) groups excluding carboxylic acids is 2. The first-order valence-corrected chi connectivity index (χ1v) is 12.8. The molecule has 0 heterocycles. The first-order valence-electron chi connectivity index (χ1n) is 12.8. The minimum atomic E-state index is -2.20. The third-order valence-corrected chi connectivity index (χ3v) is 6.72. The molecule has 10 heteroatoms. The first kappa shape index (κ1) is 31.3. The Kier molecular flexibility index (Phi) is 9.20.